The van der Waals surface area contributed by atoms with Gasteiger partial charge in [0.25, 0.3) is 0 Å². The zero-order valence-electron chi connectivity index (χ0n) is 9.93. The van der Waals surface area contributed by atoms with Crippen LogP contribution in [0.2, 0.25) is 0 Å². The number of aromatic nitrogens is 3. The molecule has 2 aromatic rings. The molecule has 0 aliphatic heterocycles. The SMILES string of the molecule is COCc1ncc(-c2nnc(NC(C)C)s2)s1. The Morgan fingerprint density at radius 1 is 1.35 bits per heavy atom. The van der Waals surface area contributed by atoms with Crippen LogP contribution in [0.5, 0.6) is 0 Å². The maximum absolute atomic E-state index is 5.04. The molecule has 0 unspecified atom stereocenters. The van der Waals surface area contributed by atoms with Gasteiger partial charge in [-0.25, -0.2) is 4.98 Å². The van der Waals surface area contributed by atoms with E-state index in [1.54, 1.807) is 29.8 Å². The summed E-state index contributed by atoms with van der Waals surface area (Å²) >= 11 is 3.13. The quantitative estimate of drug-likeness (QED) is 0.905. The van der Waals surface area contributed by atoms with Crippen LogP contribution in [0.1, 0.15) is 18.9 Å². The maximum atomic E-state index is 5.04. The first kappa shape index (κ1) is 12.4. The third kappa shape index (κ3) is 3.21. The number of thiazole rings is 1. The molecule has 5 nitrogen and oxygen atoms in total. The van der Waals surface area contributed by atoms with Crippen molar-refractivity contribution in [1.29, 1.82) is 0 Å². The van der Waals surface area contributed by atoms with E-state index in [0.29, 0.717) is 12.6 Å². The highest BCUT2D eigenvalue weighted by Crippen LogP contribution is 2.31. The van der Waals surface area contributed by atoms with Crippen molar-refractivity contribution in [3.8, 4) is 9.88 Å². The Kier molecular flexibility index (Phi) is 4.03. The van der Waals surface area contributed by atoms with Gasteiger partial charge in [0.05, 0.1) is 11.5 Å². The molecule has 7 heteroatoms. The monoisotopic (exact) mass is 270 g/mol. The van der Waals surface area contributed by atoms with Crippen LogP contribution in [0.25, 0.3) is 9.88 Å². The van der Waals surface area contributed by atoms with E-state index in [2.05, 4.69) is 34.3 Å². The fraction of sp³-hybridized carbons (Fsp3) is 0.500. The molecule has 92 valence electrons. The Labute approximate surface area is 108 Å². The van der Waals surface area contributed by atoms with Crippen LogP contribution in [-0.2, 0) is 11.3 Å². The van der Waals surface area contributed by atoms with E-state index in [1.807, 2.05) is 6.20 Å². The second-order valence-electron chi connectivity index (χ2n) is 3.76. The van der Waals surface area contributed by atoms with E-state index < -0.39 is 0 Å². The number of hydrogen-bond donors (Lipinski definition) is 1. The first-order valence-corrected chi connectivity index (χ1v) is 6.86. The minimum atomic E-state index is 0.362. The summed E-state index contributed by atoms with van der Waals surface area (Å²) in [6, 6.07) is 0.362. The second-order valence-corrected chi connectivity index (χ2v) is 5.86. The highest BCUT2D eigenvalue weighted by molar-refractivity contribution is 7.23. The molecule has 0 atom stereocenters. The average Bonchev–Trinajstić information content (AvgIpc) is 2.86. The molecule has 0 radical (unpaired) electrons. The first-order chi connectivity index (χ1) is 8.19. The Bertz CT molecular complexity index is 480. The fourth-order valence-electron chi connectivity index (χ4n) is 1.23. The van der Waals surface area contributed by atoms with Gasteiger partial charge in [-0.3, -0.25) is 0 Å². The Morgan fingerprint density at radius 3 is 2.88 bits per heavy atom. The van der Waals surface area contributed by atoms with Crippen molar-refractivity contribution < 1.29 is 4.74 Å². The van der Waals surface area contributed by atoms with Gasteiger partial charge in [0, 0.05) is 19.3 Å². The smallest absolute Gasteiger partial charge is 0.206 e. The maximum Gasteiger partial charge on any atom is 0.206 e. The summed E-state index contributed by atoms with van der Waals surface area (Å²) in [6.45, 7) is 4.69. The zero-order chi connectivity index (χ0) is 12.3. The van der Waals surface area contributed by atoms with E-state index in [4.69, 9.17) is 4.74 Å². The Balaban J connectivity index is 2.12. The van der Waals surface area contributed by atoms with Crippen molar-refractivity contribution >= 4 is 27.8 Å². The number of hydrogen-bond acceptors (Lipinski definition) is 7. The third-order valence-corrected chi connectivity index (χ3v) is 3.86. The van der Waals surface area contributed by atoms with Crippen molar-refractivity contribution in [3.63, 3.8) is 0 Å². The van der Waals surface area contributed by atoms with Crippen molar-refractivity contribution in [2.24, 2.45) is 0 Å². The van der Waals surface area contributed by atoms with Crippen LogP contribution in [0, 0.1) is 0 Å². The predicted molar refractivity (Wildman–Crippen MR) is 70.5 cm³/mol. The average molecular weight is 270 g/mol. The van der Waals surface area contributed by atoms with Gasteiger partial charge in [0.15, 0.2) is 5.01 Å². The summed E-state index contributed by atoms with van der Waals surface area (Å²) in [6.07, 6.45) is 1.82. The van der Waals surface area contributed by atoms with Crippen LogP contribution in [0.4, 0.5) is 5.13 Å². The van der Waals surface area contributed by atoms with Gasteiger partial charge in [-0.1, -0.05) is 11.3 Å². The number of ether oxygens (including phenoxy) is 1. The summed E-state index contributed by atoms with van der Waals surface area (Å²) in [4.78, 5) is 5.30. The molecule has 0 saturated heterocycles. The fourth-order valence-corrected chi connectivity index (χ4v) is 3.04. The van der Waals surface area contributed by atoms with E-state index in [9.17, 15) is 0 Å². The number of rotatable bonds is 5. The first-order valence-electron chi connectivity index (χ1n) is 5.23. The van der Waals surface area contributed by atoms with E-state index in [1.165, 1.54) is 0 Å². The van der Waals surface area contributed by atoms with Crippen LogP contribution in [-0.4, -0.2) is 28.3 Å². The van der Waals surface area contributed by atoms with E-state index in [-0.39, 0.29) is 0 Å². The zero-order valence-corrected chi connectivity index (χ0v) is 11.6. The molecule has 1 N–H and O–H groups in total. The van der Waals surface area contributed by atoms with Crippen molar-refractivity contribution in [3.05, 3.63) is 11.2 Å². The van der Waals surface area contributed by atoms with Gasteiger partial charge in [0.1, 0.15) is 5.01 Å². The van der Waals surface area contributed by atoms with Crippen LogP contribution in [0.15, 0.2) is 6.20 Å². The molecular formula is C10H14N4OS2. The topological polar surface area (TPSA) is 59.9 Å². The number of nitrogens with zero attached hydrogens (tertiary/aromatic N) is 3. The number of anilines is 1. The molecule has 0 aliphatic carbocycles. The van der Waals surface area contributed by atoms with Gasteiger partial charge >= 0.3 is 0 Å². The van der Waals surface area contributed by atoms with Gasteiger partial charge in [-0.2, -0.15) is 0 Å². The van der Waals surface area contributed by atoms with Crippen LogP contribution >= 0.6 is 22.7 Å². The summed E-state index contributed by atoms with van der Waals surface area (Å²) in [5.74, 6) is 0. The minimum Gasteiger partial charge on any atom is -0.378 e. The highest BCUT2D eigenvalue weighted by atomic mass is 32.1. The Hall–Kier alpha value is -1.05. The van der Waals surface area contributed by atoms with Gasteiger partial charge < -0.3 is 10.1 Å². The van der Waals surface area contributed by atoms with Crippen LogP contribution in [0.3, 0.4) is 0 Å². The molecule has 0 saturated carbocycles. The summed E-state index contributed by atoms with van der Waals surface area (Å²) < 4.78 is 5.04. The lowest BCUT2D eigenvalue weighted by Crippen LogP contribution is -2.08. The number of methoxy groups -OCH3 is 1. The van der Waals surface area contributed by atoms with Gasteiger partial charge in [-0.15, -0.1) is 21.5 Å². The molecule has 0 aromatic carbocycles. The van der Waals surface area contributed by atoms with Gasteiger partial charge in [0.2, 0.25) is 5.13 Å². The predicted octanol–water partition coefficient (Wildman–Crippen LogP) is 2.63. The van der Waals surface area contributed by atoms with Gasteiger partial charge in [-0.05, 0) is 13.8 Å². The van der Waals surface area contributed by atoms with Crippen molar-refractivity contribution in [2.75, 3.05) is 12.4 Å². The molecule has 0 fully saturated rings. The van der Waals surface area contributed by atoms with Crippen molar-refractivity contribution in [2.45, 2.75) is 26.5 Å². The normalized spacial score (nSPS) is 11.1. The number of nitrogens with one attached hydrogen (secondary N) is 1. The Morgan fingerprint density at radius 2 is 2.18 bits per heavy atom. The standard InChI is InChI=1S/C10H14N4OS2/c1-6(2)12-10-14-13-9(17-10)7-4-11-8(16-7)5-15-3/h4,6H,5H2,1-3H3,(H,12,14). The summed E-state index contributed by atoms with van der Waals surface area (Å²) in [5, 5.41) is 14.2. The minimum absolute atomic E-state index is 0.362. The summed E-state index contributed by atoms with van der Waals surface area (Å²) in [7, 11) is 1.66. The lowest BCUT2D eigenvalue weighted by Gasteiger charge is -2.02. The second kappa shape index (κ2) is 5.52. The molecule has 0 amide bonds. The lowest BCUT2D eigenvalue weighted by molar-refractivity contribution is 0.184. The molecule has 0 spiro atoms. The molecule has 2 heterocycles. The lowest BCUT2D eigenvalue weighted by atomic mass is 10.4. The largest absolute Gasteiger partial charge is 0.378 e. The molecular weight excluding hydrogens is 256 g/mol. The molecule has 0 bridgehead atoms. The van der Waals surface area contributed by atoms with Crippen molar-refractivity contribution in [1.82, 2.24) is 15.2 Å². The van der Waals surface area contributed by atoms with Crippen LogP contribution < -0.4 is 5.32 Å². The highest BCUT2D eigenvalue weighted by Gasteiger charge is 2.10. The molecule has 17 heavy (non-hydrogen) atoms. The molecule has 2 rings (SSSR count). The van der Waals surface area contributed by atoms with E-state index >= 15 is 0 Å². The third-order valence-electron chi connectivity index (χ3n) is 1.87. The molecule has 2 aromatic heterocycles. The van der Waals surface area contributed by atoms with E-state index in [0.717, 1.165) is 20.0 Å². The summed E-state index contributed by atoms with van der Waals surface area (Å²) in [5.41, 5.74) is 0. The molecule has 0 aliphatic rings.